The van der Waals surface area contributed by atoms with E-state index in [1.807, 2.05) is 62.4 Å². The number of fused-ring (bicyclic) bond motifs is 1. The lowest BCUT2D eigenvalue weighted by Crippen LogP contribution is -2.15. The van der Waals surface area contributed by atoms with E-state index in [9.17, 15) is 4.79 Å². The van der Waals surface area contributed by atoms with Gasteiger partial charge in [-0.3, -0.25) is 9.78 Å². The van der Waals surface area contributed by atoms with E-state index >= 15 is 0 Å². The summed E-state index contributed by atoms with van der Waals surface area (Å²) in [4.78, 5) is 25.4. The van der Waals surface area contributed by atoms with Gasteiger partial charge in [0.2, 0.25) is 0 Å². The molecule has 6 nitrogen and oxygen atoms in total. The summed E-state index contributed by atoms with van der Waals surface area (Å²) in [5.41, 5.74) is 6.20. The van der Waals surface area contributed by atoms with Gasteiger partial charge in [-0.25, -0.2) is 4.98 Å². The van der Waals surface area contributed by atoms with Gasteiger partial charge in [-0.15, -0.1) is 0 Å². The Bertz CT molecular complexity index is 1510. The minimum atomic E-state index is -0.252. The zero-order valence-corrected chi connectivity index (χ0v) is 20.1. The number of pyridine rings is 2. The van der Waals surface area contributed by atoms with Gasteiger partial charge in [-0.2, -0.15) is 0 Å². The fourth-order valence-corrected chi connectivity index (χ4v) is 4.42. The van der Waals surface area contributed by atoms with Gasteiger partial charge >= 0.3 is 0 Å². The Balaban J connectivity index is 1.56. The monoisotopic (exact) mass is 481 g/mol. The van der Waals surface area contributed by atoms with Gasteiger partial charge in [-0.1, -0.05) is 23.7 Å². The van der Waals surface area contributed by atoms with E-state index in [0.29, 0.717) is 16.3 Å². The van der Waals surface area contributed by atoms with Crippen LogP contribution in [0.3, 0.4) is 0 Å². The van der Waals surface area contributed by atoms with Crippen LogP contribution < -0.4 is 10.6 Å². The number of halogens is 1. The van der Waals surface area contributed by atoms with Gasteiger partial charge in [0.1, 0.15) is 5.82 Å². The lowest BCUT2D eigenvalue weighted by atomic mass is 9.99. The molecule has 3 N–H and O–H groups in total. The molecular formula is C28H24ClN5O. The van der Waals surface area contributed by atoms with Crippen LogP contribution in [0.5, 0.6) is 0 Å². The second-order valence-electron chi connectivity index (χ2n) is 8.44. The standard InChI is InChI=1S/C28H24ClN5O/c1-17-11-13-31-25(14-17)34-27(24-8-3-4-12-30-24)26-18(2)32-23-10-9-21(16-22(23)26)33-28(35)19-6-5-7-20(29)15-19/h3-16,27,32H,1-2H3,(H,31,34)(H,33,35). The molecule has 1 atom stereocenters. The normalized spacial score (nSPS) is 11.9. The predicted octanol–water partition coefficient (Wildman–Crippen LogP) is 6.68. The summed E-state index contributed by atoms with van der Waals surface area (Å²) in [5.74, 6) is 0.545. The Morgan fingerprint density at radius 3 is 2.60 bits per heavy atom. The highest BCUT2D eigenvalue weighted by molar-refractivity contribution is 6.31. The molecule has 0 radical (unpaired) electrons. The first-order chi connectivity index (χ1) is 17.0. The Hall–Kier alpha value is -4.16. The number of carbonyl (C=O) groups excluding carboxylic acids is 1. The molecule has 35 heavy (non-hydrogen) atoms. The molecule has 0 aliphatic heterocycles. The maximum Gasteiger partial charge on any atom is 0.255 e. The summed E-state index contributed by atoms with van der Waals surface area (Å²) >= 11 is 6.06. The zero-order valence-electron chi connectivity index (χ0n) is 19.3. The first-order valence-electron chi connectivity index (χ1n) is 11.3. The van der Waals surface area contributed by atoms with Crippen LogP contribution in [-0.4, -0.2) is 20.9 Å². The van der Waals surface area contributed by atoms with E-state index in [2.05, 4.69) is 25.6 Å². The van der Waals surface area contributed by atoms with E-state index in [1.54, 1.807) is 36.7 Å². The minimum Gasteiger partial charge on any atom is -0.358 e. The predicted molar refractivity (Wildman–Crippen MR) is 141 cm³/mol. The van der Waals surface area contributed by atoms with Crippen molar-refractivity contribution in [3.8, 4) is 0 Å². The van der Waals surface area contributed by atoms with Crippen molar-refractivity contribution < 1.29 is 4.79 Å². The molecule has 0 fully saturated rings. The number of carbonyl (C=O) groups is 1. The number of benzene rings is 2. The molecule has 174 valence electrons. The van der Waals surface area contributed by atoms with Crippen molar-refractivity contribution in [3.63, 3.8) is 0 Å². The summed E-state index contributed by atoms with van der Waals surface area (Å²) in [6.45, 7) is 4.08. The lowest BCUT2D eigenvalue weighted by Gasteiger charge is -2.20. The number of anilines is 2. The van der Waals surface area contributed by atoms with Crippen molar-refractivity contribution >= 4 is 39.9 Å². The molecule has 3 aromatic heterocycles. The molecule has 0 saturated carbocycles. The molecule has 7 heteroatoms. The lowest BCUT2D eigenvalue weighted by molar-refractivity contribution is 0.102. The molecule has 5 aromatic rings. The summed E-state index contributed by atoms with van der Waals surface area (Å²) in [7, 11) is 0. The van der Waals surface area contributed by atoms with E-state index in [0.717, 1.165) is 39.2 Å². The minimum absolute atomic E-state index is 0.219. The number of aryl methyl sites for hydroxylation is 2. The van der Waals surface area contributed by atoms with Crippen molar-refractivity contribution in [1.29, 1.82) is 0 Å². The van der Waals surface area contributed by atoms with Gasteiger partial charge in [-0.05, 0) is 80.1 Å². The second-order valence-corrected chi connectivity index (χ2v) is 8.88. The fraction of sp³-hybridized carbons (Fsp3) is 0.107. The molecule has 1 unspecified atom stereocenters. The Kier molecular flexibility index (Phi) is 6.21. The SMILES string of the molecule is Cc1ccnc(NC(c2ccccn2)c2c(C)[nH]c3ccc(NC(=O)c4cccc(Cl)c4)cc23)c1. The van der Waals surface area contributed by atoms with Crippen LogP contribution in [0.15, 0.2) is 85.2 Å². The molecule has 0 spiro atoms. The Labute approximate surface area is 208 Å². The third-order valence-electron chi connectivity index (χ3n) is 5.86. The van der Waals surface area contributed by atoms with Crippen molar-refractivity contribution in [3.05, 3.63) is 118 Å². The molecule has 3 heterocycles. The summed E-state index contributed by atoms with van der Waals surface area (Å²) in [6, 6.07) is 22.3. The van der Waals surface area contributed by atoms with Crippen molar-refractivity contribution in [1.82, 2.24) is 15.0 Å². The zero-order chi connectivity index (χ0) is 24.4. The third-order valence-corrected chi connectivity index (χ3v) is 6.10. The number of hydrogen-bond acceptors (Lipinski definition) is 4. The highest BCUT2D eigenvalue weighted by Crippen LogP contribution is 2.35. The molecule has 0 bridgehead atoms. The summed E-state index contributed by atoms with van der Waals surface area (Å²) in [6.07, 6.45) is 3.58. The molecule has 0 aliphatic carbocycles. The number of hydrogen-bond donors (Lipinski definition) is 3. The van der Waals surface area contributed by atoms with Gasteiger partial charge in [0.15, 0.2) is 0 Å². The van der Waals surface area contributed by atoms with E-state index in [1.165, 1.54) is 0 Å². The Morgan fingerprint density at radius 1 is 0.943 bits per heavy atom. The highest BCUT2D eigenvalue weighted by atomic mass is 35.5. The van der Waals surface area contributed by atoms with Gasteiger partial charge in [0.25, 0.3) is 5.91 Å². The smallest absolute Gasteiger partial charge is 0.255 e. The maximum absolute atomic E-state index is 12.8. The van der Waals surface area contributed by atoms with Gasteiger partial charge in [0.05, 0.1) is 11.7 Å². The largest absolute Gasteiger partial charge is 0.358 e. The van der Waals surface area contributed by atoms with Crippen LogP contribution in [0.1, 0.15) is 38.9 Å². The average Bonchev–Trinajstić information content (AvgIpc) is 3.18. The number of rotatable bonds is 6. The van der Waals surface area contributed by atoms with E-state index in [-0.39, 0.29) is 11.9 Å². The maximum atomic E-state index is 12.8. The first kappa shape index (κ1) is 22.6. The number of H-pyrrole nitrogens is 1. The van der Waals surface area contributed by atoms with Crippen LogP contribution in [0.2, 0.25) is 5.02 Å². The molecule has 2 aromatic carbocycles. The molecule has 1 amide bonds. The molecular weight excluding hydrogens is 458 g/mol. The highest BCUT2D eigenvalue weighted by Gasteiger charge is 2.23. The summed E-state index contributed by atoms with van der Waals surface area (Å²) in [5, 5.41) is 8.07. The van der Waals surface area contributed by atoms with Crippen LogP contribution in [0, 0.1) is 13.8 Å². The molecule has 5 rings (SSSR count). The fourth-order valence-electron chi connectivity index (χ4n) is 4.23. The molecule has 0 aliphatic rings. The number of aromatic nitrogens is 3. The van der Waals surface area contributed by atoms with Gasteiger partial charge < -0.3 is 15.6 Å². The first-order valence-corrected chi connectivity index (χ1v) is 11.6. The van der Waals surface area contributed by atoms with Crippen molar-refractivity contribution in [2.24, 2.45) is 0 Å². The van der Waals surface area contributed by atoms with Crippen LogP contribution in [0.25, 0.3) is 10.9 Å². The number of aromatic amines is 1. The van der Waals surface area contributed by atoms with Crippen molar-refractivity contribution in [2.75, 3.05) is 10.6 Å². The number of nitrogens with zero attached hydrogens (tertiary/aromatic N) is 2. The average molecular weight is 482 g/mol. The quantitative estimate of drug-likeness (QED) is 0.252. The van der Waals surface area contributed by atoms with E-state index < -0.39 is 0 Å². The third kappa shape index (κ3) is 4.88. The van der Waals surface area contributed by atoms with E-state index in [4.69, 9.17) is 11.6 Å². The Morgan fingerprint density at radius 2 is 1.83 bits per heavy atom. The number of amides is 1. The van der Waals surface area contributed by atoms with Crippen LogP contribution in [0.4, 0.5) is 11.5 Å². The van der Waals surface area contributed by atoms with Gasteiger partial charge in [0, 0.05) is 50.8 Å². The molecule has 0 saturated heterocycles. The van der Waals surface area contributed by atoms with Crippen molar-refractivity contribution in [2.45, 2.75) is 19.9 Å². The summed E-state index contributed by atoms with van der Waals surface area (Å²) < 4.78 is 0. The van der Waals surface area contributed by atoms with Crippen LogP contribution >= 0.6 is 11.6 Å². The number of nitrogens with one attached hydrogen (secondary N) is 3. The second kappa shape index (κ2) is 9.60. The van der Waals surface area contributed by atoms with Crippen LogP contribution in [-0.2, 0) is 0 Å². The topological polar surface area (TPSA) is 82.7 Å².